The van der Waals surface area contributed by atoms with Crippen LogP contribution in [0.15, 0.2) is 35.2 Å². The Kier molecular flexibility index (Phi) is 7.54. The van der Waals surface area contributed by atoms with Crippen molar-refractivity contribution in [1.82, 2.24) is 10.2 Å². The standard InChI is InChI=1S/C25H34N2O6S/c1-30-20-5-6-21(31-2)24(15-20)34(28,29)25(17-7-10-26-11-8-17)27-12-9-18-13-22(32-3)23(33-4)14-19(18)16-27/h5-6,13-15,17,25-26H,7-12,16H2,1-4H3. The molecular weight excluding hydrogens is 456 g/mol. The molecule has 1 N–H and O–H groups in total. The molecule has 2 aliphatic heterocycles. The van der Waals surface area contributed by atoms with E-state index in [4.69, 9.17) is 18.9 Å². The molecule has 2 heterocycles. The average molecular weight is 491 g/mol. The third kappa shape index (κ3) is 4.69. The summed E-state index contributed by atoms with van der Waals surface area (Å²) in [4.78, 5) is 2.29. The van der Waals surface area contributed by atoms with Crippen molar-refractivity contribution in [2.45, 2.75) is 36.1 Å². The first-order valence-corrected chi connectivity index (χ1v) is 13.1. The van der Waals surface area contributed by atoms with E-state index in [9.17, 15) is 8.42 Å². The monoisotopic (exact) mass is 490 g/mol. The van der Waals surface area contributed by atoms with Crippen LogP contribution in [0.25, 0.3) is 0 Å². The van der Waals surface area contributed by atoms with Gasteiger partial charge in [0.1, 0.15) is 21.8 Å². The molecule has 0 amide bonds. The first-order chi connectivity index (χ1) is 16.4. The Labute approximate surface area is 202 Å². The fourth-order valence-electron chi connectivity index (χ4n) is 5.14. The highest BCUT2D eigenvalue weighted by Gasteiger charge is 2.42. The van der Waals surface area contributed by atoms with Gasteiger partial charge in [0.2, 0.25) is 0 Å². The van der Waals surface area contributed by atoms with Crippen LogP contribution >= 0.6 is 0 Å². The zero-order valence-electron chi connectivity index (χ0n) is 20.3. The highest BCUT2D eigenvalue weighted by atomic mass is 32.2. The average Bonchev–Trinajstić information content (AvgIpc) is 2.87. The van der Waals surface area contributed by atoms with Crippen LogP contribution in [-0.4, -0.2) is 66.8 Å². The van der Waals surface area contributed by atoms with E-state index in [2.05, 4.69) is 10.2 Å². The summed E-state index contributed by atoms with van der Waals surface area (Å²) in [5.41, 5.74) is 2.23. The van der Waals surface area contributed by atoms with Gasteiger partial charge in [-0.1, -0.05) is 0 Å². The summed E-state index contributed by atoms with van der Waals surface area (Å²) in [6.07, 6.45) is 2.33. The largest absolute Gasteiger partial charge is 0.497 e. The number of methoxy groups -OCH3 is 4. The molecule has 2 aromatic carbocycles. The van der Waals surface area contributed by atoms with E-state index >= 15 is 0 Å². The van der Waals surface area contributed by atoms with E-state index in [-0.39, 0.29) is 10.8 Å². The Morgan fingerprint density at radius 1 is 0.882 bits per heavy atom. The summed E-state index contributed by atoms with van der Waals surface area (Å²) in [5.74, 6) is 2.17. The minimum Gasteiger partial charge on any atom is -0.497 e. The van der Waals surface area contributed by atoms with Gasteiger partial charge in [-0.2, -0.15) is 0 Å². The maximum absolute atomic E-state index is 14.3. The summed E-state index contributed by atoms with van der Waals surface area (Å²) < 4.78 is 50.3. The lowest BCUT2D eigenvalue weighted by atomic mass is 9.94. The molecule has 0 spiro atoms. The molecule has 2 aliphatic rings. The zero-order chi connectivity index (χ0) is 24.3. The quantitative estimate of drug-likeness (QED) is 0.605. The highest BCUT2D eigenvalue weighted by Crippen LogP contribution is 2.39. The molecule has 0 bridgehead atoms. The van der Waals surface area contributed by atoms with Crippen molar-refractivity contribution in [1.29, 1.82) is 0 Å². The van der Waals surface area contributed by atoms with Crippen LogP contribution in [0.3, 0.4) is 0 Å². The number of rotatable bonds is 8. The zero-order valence-corrected chi connectivity index (χ0v) is 21.1. The van der Waals surface area contributed by atoms with Crippen molar-refractivity contribution in [3.05, 3.63) is 41.5 Å². The molecule has 1 unspecified atom stereocenters. The predicted molar refractivity (Wildman–Crippen MR) is 130 cm³/mol. The Bertz CT molecular complexity index is 1110. The van der Waals surface area contributed by atoms with Crippen LogP contribution in [0.2, 0.25) is 0 Å². The molecule has 9 heteroatoms. The summed E-state index contributed by atoms with van der Waals surface area (Å²) in [7, 11) is 2.50. The second-order valence-electron chi connectivity index (χ2n) is 8.74. The lowest BCUT2D eigenvalue weighted by Crippen LogP contribution is -2.50. The second-order valence-corrected chi connectivity index (χ2v) is 10.7. The van der Waals surface area contributed by atoms with Crippen LogP contribution < -0.4 is 24.3 Å². The Hall–Kier alpha value is -2.49. The molecule has 186 valence electrons. The molecule has 0 aromatic heterocycles. The van der Waals surface area contributed by atoms with Gasteiger partial charge < -0.3 is 24.3 Å². The summed E-state index contributed by atoms with van der Waals surface area (Å²) in [6.45, 7) is 2.78. The normalized spacial score (nSPS) is 18.1. The third-order valence-electron chi connectivity index (χ3n) is 6.89. The van der Waals surface area contributed by atoms with Crippen LogP contribution in [0.1, 0.15) is 24.0 Å². The van der Waals surface area contributed by atoms with E-state index < -0.39 is 15.2 Å². The predicted octanol–water partition coefficient (Wildman–Crippen LogP) is 2.88. The lowest BCUT2D eigenvalue weighted by molar-refractivity contribution is 0.159. The number of hydrogen-bond donors (Lipinski definition) is 1. The maximum atomic E-state index is 14.3. The summed E-state index contributed by atoms with van der Waals surface area (Å²) in [5, 5.41) is 2.69. The van der Waals surface area contributed by atoms with E-state index in [0.717, 1.165) is 43.5 Å². The Morgan fingerprint density at radius 2 is 1.53 bits per heavy atom. The molecule has 0 radical (unpaired) electrons. The molecule has 4 rings (SSSR count). The van der Waals surface area contributed by atoms with Crippen molar-refractivity contribution < 1.29 is 27.4 Å². The molecule has 1 saturated heterocycles. The van der Waals surface area contributed by atoms with Gasteiger partial charge in [-0.15, -0.1) is 0 Å². The lowest BCUT2D eigenvalue weighted by Gasteiger charge is -2.41. The number of nitrogens with one attached hydrogen (secondary N) is 1. The maximum Gasteiger partial charge on any atom is 0.198 e. The molecular formula is C25H34N2O6S. The van der Waals surface area contributed by atoms with Crippen molar-refractivity contribution >= 4 is 9.84 Å². The third-order valence-corrected chi connectivity index (χ3v) is 9.14. The van der Waals surface area contributed by atoms with Crippen molar-refractivity contribution in [3.8, 4) is 23.0 Å². The van der Waals surface area contributed by atoms with Gasteiger partial charge in [-0.3, -0.25) is 4.90 Å². The number of fused-ring (bicyclic) bond motifs is 1. The molecule has 0 aliphatic carbocycles. The van der Waals surface area contributed by atoms with Gasteiger partial charge >= 0.3 is 0 Å². The van der Waals surface area contributed by atoms with Crippen LogP contribution in [0.4, 0.5) is 0 Å². The minimum absolute atomic E-state index is 0.00357. The van der Waals surface area contributed by atoms with Gasteiger partial charge in [0.25, 0.3) is 0 Å². The van der Waals surface area contributed by atoms with E-state index in [0.29, 0.717) is 36.1 Å². The number of benzene rings is 2. The van der Waals surface area contributed by atoms with Crippen molar-refractivity contribution in [2.24, 2.45) is 5.92 Å². The molecule has 1 atom stereocenters. The Morgan fingerprint density at radius 3 is 2.15 bits per heavy atom. The fourth-order valence-corrected chi connectivity index (χ4v) is 7.46. The van der Waals surface area contributed by atoms with Gasteiger partial charge in [0, 0.05) is 19.2 Å². The summed E-state index contributed by atoms with van der Waals surface area (Å²) >= 11 is 0. The van der Waals surface area contributed by atoms with Crippen LogP contribution in [0.5, 0.6) is 23.0 Å². The van der Waals surface area contributed by atoms with Crippen LogP contribution in [-0.2, 0) is 22.8 Å². The topological polar surface area (TPSA) is 86.3 Å². The number of hydrogen-bond acceptors (Lipinski definition) is 8. The van der Waals surface area contributed by atoms with E-state index in [1.807, 2.05) is 12.1 Å². The first-order valence-electron chi connectivity index (χ1n) is 11.6. The molecule has 0 saturated carbocycles. The number of ether oxygens (including phenoxy) is 4. The van der Waals surface area contributed by atoms with Gasteiger partial charge in [0.05, 0.1) is 28.4 Å². The molecule has 2 aromatic rings. The smallest absolute Gasteiger partial charge is 0.198 e. The summed E-state index contributed by atoms with van der Waals surface area (Å²) in [6, 6.07) is 8.93. The second kappa shape index (κ2) is 10.4. The van der Waals surface area contributed by atoms with Gasteiger partial charge in [-0.25, -0.2) is 8.42 Å². The number of sulfone groups is 1. The Balaban J connectivity index is 1.76. The van der Waals surface area contributed by atoms with Crippen LogP contribution in [0, 0.1) is 5.92 Å². The molecule has 34 heavy (non-hydrogen) atoms. The molecule has 8 nitrogen and oxygen atoms in total. The highest BCUT2D eigenvalue weighted by molar-refractivity contribution is 7.92. The van der Waals surface area contributed by atoms with Gasteiger partial charge in [-0.05, 0) is 73.7 Å². The van der Waals surface area contributed by atoms with Crippen molar-refractivity contribution in [2.75, 3.05) is 48.1 Å². The number of nitrogens with zero attached hydrogens (tertiary/aromatic N) is 1. The first kappa shape index (κ1) is 24.6. The van der Waals surface area contributed by atoms with E-state index in [1.165, 1.54) is 14.2 Å². The molecule has 1 fully saturated rings. The fraction of sp³-hybridized carbons (Fsp3) is 0.520. The van der Waals surface area contributed by atoms with E-state index in [1.54, 1.807) is 32.4 Å². The van der Waals surface area contributed by atoms with Gasteiger partial charge in [0.15, 0.2) is 21.3 Å². The van der Waals surface area contributed by atoms with Crippen molar-refractivity contribution in [3.63, 3.8) is 0 Å². The number of piperidine rings is 1. The minimum atomic E-state index is -3.77. The SMILES string of the molecule is COc1ccc(OC)c(S(=O)(=O)C(C2CCNCC2)N2CCc3cc(OC)c(OC)cc3C2)c1.